The first-order valence-corrected chi connectivity index (χ1v) is 8.60. The smallest absolute Gasteiger partial charge is 0.205 e. The molecule has 6 heteroatoms. The Morgan fingerprint density at radius 2 is 1.91 bits per heavy atom. The predicted octanol–water partition coefficient (Wildman–Crippen LogP) is 3.94. The maximum absolute atomic E-state index is 13.1. The third-order valence-corrected chi connectivity index (χ3v) is 4.64. The van der Waals surface area contributed by atoms with E-state index in [1.807, 2.05) is 6.92 Å². The van der Waals surface area contributed by atoms with Gasteiger partial charge in [0.25, 0.3) is 0 Å². The highest BCUT2D eigenvalue weighted by Crippen LogP contribution is 2.31. The van der Waals surface area contributed by atoms with Crippen molar-refractivity contribution in [3.8, 4) is 0 Å². The summed E-state index contributed by atoms with van der Waals surface area (Å²) in [6.07, 6.45) is 0.00197. The van der Waals surface area contributed by atoms with Crippen LogP contribution in [0.3, 0.4) is 0 Å². The van der Waals surface area contributed by atoms with Crippen molar-refractivity contribution in [3.63, 3.8) is 0 Å². The molecule has 1 aromatic heterocycles. The van der Waals surface area contributed by atoms with Crippen LogP contribution in [0.1, 0.15) is 45.2 Å². The first-order chi connectivity index (χ1) is 10.8. The van der Waals surface area contributed by atoms with Crippen LogP contribution in [-0.4, -0.2) is 28.6 Å². The van der Waals surface area contributed by atoms with Gasteiger partial charge in [0.05, 0.1) is 12.6 Å². The number of nitrogens with zero attached hydrogens (tertiary/aromatic N) is 3. The fourth-order valence-corrected chi connectivity index (χ4v) is 3.49. The van der Waals surface area contributed by atoms with Crippen LogP contribution in [-0.2, 0) is 10.2 Å². The number of aromatic nitrogens is 2. The molecular formula is C17H22FN3OS. The number of benzene rings is 1. The molecule has 2 aromatic rings. The molecule has 1 aromatic carbocycles. The molecule has 1 fully saturated rings. The highest BCUT2D eigenvalue weighted by molar-refractivity contribution is 7.09. The van der Waals surface area contributed by atoms with Gasteiger partial charge >= 0.3 is 0 Å². The molecule has 0 aliphatic carbocycles. The highest BCUT2D eigenvalue weighted by Gasteiger charge is 2.29. The van der Waals surface area contributed by atoms with Gasteiger partial charge in [-0.25, -0.2) is 9.37 Å². The van der Waals surface area contributed by atoms with E-state index in [9.17, 15) is 4.39 Å². The van der Waals surface area contributed by atoms with E-state index in [1.54, 1.807) is 12.1 Å². The molecule has 23 heavy (non-hydrogen) atoms. The van der Waals surface area contributed by atoms with Crippen LogP contribution >= 0.6 is 11.5 Å². The van der Waals surface area contributed by atoms with E-state index >= 15 is 0 Å². The summed E-state index contributed by atoms with van der Waals surface area (Å²) in [5.41, 5.74) is 0.937. The number of hydrogen-bond acceptors (Lipinski definition) is 5. The van der Waals surface area contributed by atoms with Crippen molar-refractivity contribution in [1.82, 2.24) is 9.36 Å². The van der Waals surface area contributed by atoms with Crippen molar-refractivity contribution in [2.75, 3.05) is 18.0 Å². The summed E-state index contributed by atoms with van der Waals surface area (Å²) >= 11 is 1.43. The molecule has 2 atom stereocenters. The maximum atomic E-state index is 13.1. The van der Waals surface area contributed by atoms with Crippen LogP contribution in [0.2, 0.25) is 0 Å². The zero-order valence-electron chi connectivity index (χ0n) is 13.9. The topological polar surface area (TPSA) is 38.2 Å². The molecular weight excluding hydrogens is 313 g/mol. The summed E-state index contributed by atoms with van der Waals surface area (Å²) in [7, 11) is 0. The summed E-state index contributed by atoms with van der Waals surface area (Å²) in [5.74, 6) is 0.642. The molecule has 3 rings (SSSR count). The lowest BCUT2D eigenvalue weighted by Crippen LogP contribution is -2.43. The van der Waals surface area contributed by atoms with E-state index in [1.165, 1.54) is 23.7 Å². The molecule has 1 aliphatic heterocycles. The van der Waals surface area contributed by atoms with E-state index in [2.05, 4.69) is 30.0 Å². The fourth-order valence-electron chi connectivity index (χ4n) is 2.62. The van der Waals surface area contributed by atoms with Gasteiger partial charge in [-0.1, -0.05) is 32.9 Å². The van der Waals surface area contributed by atoms with Crippen molar-refractivity contribution >= 4 is 16.7 Å². The summed E-state index contributed by atoms with van der Waals surface area (Å²) in [5, 5.41) is 0.928. The van der Waals surface area contributed by atoms with E-state index in [-0.39, 0.29) is 23.4 Å². The molecule has 0 N–H and O–H groups in total. The van der Waals surface area contributed by atoms with Gasteiger partial charge in [0, 0.05) is 23.5 Å². The predicted molar refractivity (Wildman–Crippen MR) is 90.5 cm³/mol. The SMILES string of the molecule is CC1CN(c2nc(C(C)(C)C)ns2)CC(c2ccc(F)cc2)O1. The van der Waals surface area contributed by atoms with Crippen molar-refractivity contribution in [2.24, 2.45) is 0 Å². The van der Waals surface area contributed by atoms with E-state index < -0.39 is 0 Å². The lowest BCUT2D eigenvalue weighted by Gasteiger charge is -2.36. The third-order valence-electron chi connectivity index (χ3n) is 3.86. The van der Waals surface area contributed by atoms with Gasteiger partial charge < -0.3 is 9.64 Å². The lowest BCUT2D eigenvalue weighted by atomic mass is 9.96. The largest absolute Gasteiger partial charge is 0.367 e. The second kappa shape index (κ2) is 6.17. The van der Waals surface area contributed by atoms with E-state index in [4.69, 9.17) is 9.72 Å². The van der Waals surface area contributed by atoms with Gasteiger partial charge in [-0.15, -0.1) is 0 Å². The molecule has 0 saturated carbocycles. The summed E-state index contributed by atoms with van der Waals surface area (Å²) in [6.45, 7) is 9.88. The van der Waals surface area contributed by atoms with Crippen molar-refractivity contribution in [3.05, 3.63) is 41.5 Å². The Balaban J connectivity index is 1.80. The number of halogens is 1. The fraction of sp³-hybridized carbons (Fsp3) is 0.529. The summed E-state index contributed by atoms with van der Waals surface area (Å²) in [6, 6.07) is 6.53. The Labute approximate surface area is 140 Å². The standard InChI is InChI=1S/C17H22FN3OS/c1-11-9-21(16-19-15(20-23-16)17(2,3)4)10-14(22-11)12-5-7-13(18)8-6-12/h5-8,11,14H,9-10H2,1-4H3. The van der Waals surface area contributed by atoms with Crippen LogP contribution < -0.4 is 4.90 Å². The number of ether oxygens (including phenoxy) is 1. The maximum Gasteiger partial charge on any atom is 0.205 e. The highest BCUT2D eigenvalue weighted by atomic mass is 32.1. The van der Waals surface area contributed by atoms with Gasteiger partial charge in [0.1, 0.15) is 17.7 Å². The monoisotopic (exact) mass is 335 g/mol. The van der Waals surface area contributed by atoms with Crippen molar-refractivity contribution in [2.45, 2.75) is 45.3 Å². The summed E-state index contributed by atoms with van der Waals surface area (Å²) in [4.78, 5) is 6.92. The Hall–Kier alpha value is -1.53. The van der Waals surface area contributed by atoms with Crippen molar-refractivity contribution in [1.29, 1.82) is 0 Å². The average molecular weight is 335 g/mol. The lowest BCUT2D eigenvalue weighted by molar-refractivity contribution is -0.0174. The van der Waals surface area contributed by atoms with E-state index in [0.29, 0.717) is 6.54 Å². The first-order valence-electron chi connectivity index (χ1n) is 7.83. The van der Waals surface area contributed by atoms with E-state index in [0.717, 1.165) is 23.1 Å². The van der Waals surface area contributed by atoms with Crippen LogP contribution in [0.4, 0.5) is 9.52 Å². The van der Waals surface area contributed by atoms with Crippen LogP contribution in [0.25, 0.3) is 0 Å². The molecule has 1 aliphatic rings. The second-order valence-electron chi connectivity index (χ2n) is 7.04. The number of hydrogen-bond donors (Lipinski definition) is 0. The third kappa shape index (κ3) is 3.70. The Morgan fingerprint density at radius 1 is 1.22 bits per heavy atom. The quantitative estimate of drug-likeness (QED) is 0.833. The second-order valence-corrected chi connectivity index (χ2v) is 7.77. The minimum Gasteiger partial charge on any atom is -0.367 e. The minimum absolute atomic E-state index is 0.0526. The zero-order chi connectivity index (χ0) is 16.6. The normalized spacial score (nSPS) is 22.4. The molecule has 1 saturated heterocycles. The molecule has 2 unspecified atom stereocenters. The molecule has 0 spiro atoms. The Kier molecular flexibility index (Phi) is 4.38. The molecule has 0 bridgehead atoms. The van der Waals surface area contributed by atoms with Crippen LogP contribution in [0.5, 0.6) is 0 Å². The van der Waals surface area contributed by atoms with Gasteiger partial charge in [-0.05, 0) is 24.6 Å². The van der Waals surface area contributed by atoms with Gasteiger partial charge in [-0.2, -0.15) is 4.37 Å². The molecule has 0 amide bonds. The minimum atomic E-state index is -0.228. The van der Waals surface area contributed by atoms with Crippen LogP contribution in [0.15, 0.2) is 24.3 Å². The molecule has 2 heterocycles. The van der Waals surface area contributed by atoms with Crippen LogP contribution in [0, 0.1) is 5.82 Å². The number of rotatable bonds is 2. The Morgan fingerprint density at radius 3 is 2.52 bits per heavy atom. The van der Waals surface area contributed by atoms with Gasteiger partial charge in [-0.3, -0.25) is 0 Å². The number of anilines is 1. The molecule has 124 valence electrons. The summed E-state index contributed by atoms with van der Waals surface area (Å²) < 4.78 is 23.6. The Bertz CT molecular complexity index is 665. The van der Waals surface area contributed by atoms with Gasteiger partial charge in [0.15, 0.2) is 0 Å². The van der Waals surface area contributed by atoms with Gasteiger partial charge in [0.2, 0.25) is 5.13 Å². The molecule has 4 nitrogen and oxygen atoms in total. The first kappa shape index (κ1) is 16.3. The zero-order valence-corrected chi connectivity index (χ0v) is 14.7. The molecule has 0 radical (unpaired) electrons. The number of morpholine rings is 1. The van der Waals surface area contributed by atoms with Crippen molar-refractivity contribution < 1.29 is 9.13 Å². The average Bonchev–Trinajstić information content (AvgIpc) is 2.97.